The Kier molecular flexibility index (Phi) is 4.42. The van der Waals surface area contributed by atoms with Crippen molar-refractivity contribution in [2.75, 3.05) is 37.7 Å². The fourth-order valence-electron chi connectivity index (χ4n) is 3.55. The van der Waals surface area contributed by atoms with Gasteiger partial charge >= 0.3 is 0 Å². The van der Waals surface area contributed by atoms with E-state index in [4.69, 9.17) is 4.74 Å². The molecule has 3 rings (SSSR count). The van der Waals surface area contributed by atoms with Crippen LogP contribution in [0.2, 0.25) is 0 Å². The van der Waals surface area contributed by atoms with Crippen LogP contribution in [0.4, 0.5) is 0 Å². The van der Waals surface area contributed by atoms with E-state index >= 15 is 0 Å². The smallest absolute Gasteiger partial charge is 0.0827 e. The average molecular weight is 284 g/mol. The lowest BCUT2D eigenvalue weighted by atomic mass is 9.82. The quantitative estimate of drug-likeness (QED) is 0.856. The van der Waals surface area contributed by atoms with Gasteiger partial charge in [-0.3, -0.25) is 4.90 Å². The summed E-state index contributed by atoms with van der Waals surface area (Å²) < 4.78 is 6.04. The maximum absolute atomic E-state index is 6.04. The van der Waals surface area contributed by atoms with Gasteiger partial charge in [0.25, 0.3) is 0 Å². The lowest BCUT2D eigenvalue weighted by Gasteiger charge is -2.41. The van der Waals surface area contributed by atoms with E-state index in [1.807, 2.05) is 0 Å². The highest BCUT2D eigenvalue weighted by atomic mass is 32.2. The zero-order valence-electron chi connectivity index (χ0n) is 12.4. The summed E-state index contributed by atoms with van der Waals surface area (Å²) in [5, 5.41) is 3.79. The predicted molar refractivity (Wildman–Crippen MR) is 81.8 cm³/mol. The minimum atomic E-state index is 0.400. The summed E-state index contributed by atoms with van der Waals surface area (Å²) in [5.74, 6) is 2.58. The summed E-state index contributed by atoms with van der Waals surface area (Å²) in [6.45, 7) is 9.21. The summed E-state index contributed by atoms with van der Waals surface area (Å²) in [6, 6.07) is 1.36. The number of thioether (sulfide) groups is 1. The molecule has 0 spiro atoms. The number of hydrogen-bond donors (Lipinski definition) is 1. The van der Waals surface area contributed by atoms with Crippen LogP contribution in [-0.2, 0) is 4.74 Å². The third-order valence-corrected chi connectivity index (χ3v) is 6.23. The molecule has 3 aliphatic rings. The van der Waals surface area contributed by atoms with E-state index < -0.39 is 0 Å². The van der Waals surface area contributed by atoms with Gasteiger partial charge in [-0.25, -0.2) is 0 Å². The first-order chi connectivity index (χ1) is 9.15. The SMILES string of the molecule is CC1(C)CCSCC1NCC1CN2CCCC2CO1. The molecule has 3 unspecified atom stereocenters. The number of fused-ring (bicyclic) bond motifs is 1. The van der Waals surface area contributed by atoms with Crippen LogP contribution in [0.1, 0.15) is 33.1 Å². The number of nitrogens with one attached hydrogen (secondary N) is 1. The molecule has 3 atom stereocenters. The van der Waals surface area contributed by atoms with Crippen molar-refractivity contribution in [3.8, 4) is 0 Å². The van der Waals surface area contributed by atoms with E-state index in [2.05, 4.69) is 35.8 Å². The minimum absolute atomic E-state index is 0.400. The molecule has 1 N–H and O–H groups in total. The van der Waals surface area contributed by atoms with Crippen molar-refractivity contribution < 1.29 is 4.74 Å². The molecule has 0 aromatic carbocycles. The number of nitrogens with zero attached hydrogens (tertiary/aromatic N) is 1. The van der Waals surface area contributed by atoms with E-state index in [0.29, 0.717) is 17.6 Å². The van der Waals surface area contributed by atoms with Crippen LogP contribution in [0.15, 0.2) is 0 Å². The monoisotopic (exact) mass is 284 g/mol. The van der Waals surface area contributed by atoms with Gasteiger partial charge in [0.1, 0.15) is 0 Å². The van der Waals surface area contributed by atoms with Gasteiger partial charge in [-0.1, -0.05) is 13.8 Å². The highest BCUT2D eigenvalue weighted by molar-refractivity contribution is 7.99. The molecule has 3 fully saturated rings. The Morgan fingerprint density at radius 3 is 3.16 bits per heavy atom. The third kappa shape index (κ3) is 3.29. The van der Waals surface area contributed by atoms with Gasteiger partial charge in [-0.2, -0.15) is 11.8 Å². The number of morpholine rings is 1. The molecule has 0 radical (unpaired) electrons. The van der Waals surface area contributed by atoms with E-state index in [1.165, 1.54) is 37.3 Å². The number of ether oxygens (including phenoxy) is 1. The summed E-state index contributed by atoms with van der Waals surface area (Å²) in [6.07, 6.45) is 4.43. The number of rotatable bonds is 3. The van der Waals surface area contributed by atoms with E-state index in [9.17, 15) is 0 Å². The molecule has 0 aromatic heterocycles. The summed E-state index contributed by atoms with van der Waals surface area (Å²) in [7, 11) is 0. The Hall–Kier alpha value is 0.230. The van der Waals surface area contributed by atoms with Crippen LogP contribution >= 0.6 is 11.8 Å². The molecule has 0 amide bonds. The van der Waals surface area contributed by atoms with Crippen LogP contribution in [-0.4, -0.2) is 60.8 Å². The second-order valence-electron chi connectivity index (χ2n) is 7.02. The van der Waals surface area contributed by atoms with E-state index in [1.54, 1.807) is 0 Å². The Bertz CT molecular complexity index is 311. The molecular formula is C15H28N2OS. The van der Waals surface area contributed by atoms with E-state index in [-0.39, 0.29) is 0 Å². The highest BCUT2D eigenvalue weighted by Crippen LogP contribution is 2.34. The molecule has 3 heterocycles. The van der Waals surface area contributed by atoms with Crippen LogP contribution in [0, 0.1) is 5.41 Å². The molecule has 0 aliphatic carbocycles. The lowest BCUT2D eigenvalue weighted by molar-refractivity contribution is -0.0489. The molecule has 0 bridgehead atoms. The number of hydrogen-bond acceptors (Lipinski definition) is 4. The average Bonchev–Trinajstić information content (AvgIpc) is 2.84. The van der Waals surface area contributed by atoms with Gasteiger partial charge < -0.3 is 10.1 Å². The van der Waals surface area contributed by atoms with Gasteiger partial charge in [-0.05, 0) is 37.0 Å². The van der Waals surface area contributed by atoms with Crippen molar-refractivity contribution in [3.63, 3.8) is 0 Å². The molecule has 110 valence electrons. The Morgan fingerprint density at radius 2 is 2.32 bits per heavy atom. The fraction of sp³-hybridized carbons (Fsp3) is 1.00. The second-order valence-corrected chi connectivity index (χ2v) is 8.17. The molecule has 0 aromatic rings. The Balaban J connectivity index is 1.47. The van der Waals surface area contributed by atoms with Crippen LogP contribution in [0.25, 0.3) is 0 Å². The van der Waals surface area contributed by atoms with Crippen molar-refractivity contribution >= 4 is 11.8 Å². The van der Waals surface area contributed by atoms with Crippen molar-refractivity contribution in [2.24, 2.45) is 5.41 Å². The molecule has 3 saturated heterocycles. The molecule has 3 nitrogen and oxygen atoms in total. The van der Waals surface area contributed by atoms with Gasteiger partial charge in [0.2, 0.25) is 0 Å². The zero-order chi connectivity index (χ0) is 13.3. The molecule has 4 heteroatoms. The molecular weight excluding hydrogens is 256 g/mol. The summed E-state index contributed by atoms with van der Waals surface area (Å²) >= 11 is 2.09. The van der Waals surface area contributed by atoms with Crippen molar-refractivity contribution in [2.45, 2.75) is 51.3 Å². The minimum Gasteiger partial charge on any atom is -0.374 e. The molecule has 19 heavy (non-hydrogen) atoms. The van der Waals surface area contributed by atoms with Gasteiger partial charge in [0.05, 0.1) is 12.7 Å². The first kappa shape index (κ1) is 14.2. The zero-order valence-corrected chi connectivity index (χ0v) is 13.2. The first-order valence-electron chi connectivity index (χ1n) is 7.82. The maximum Gasteiger partial charge on any atom is 0.0827 e. The van der Waals surface area contributed by atoms with Crippen molar-refractivity contribution in [3.05, 3.63) is 0 Å². The van der Waals surface area contributed by atoms with Gasteiger partial charge in [-0.15, -0.1) is 0 Å². The van der Waals surface area contributed by atoms with Gasteiger partial charge in [0.15, 0.2) is 0 Å². The lowest BCUT2D eigenvalue weighted by Crippen LogP contribution is -2.53. The normalized spacial score (nSPS) is 39.2. The summed E-state index contributed by atoms with van der Waals surface area (Å²) in [4.78, 5) is 2.64. The van der Waals surface area contributed by atoms with E-state index in [0.717, 1.165) is 25.7 Å². The maximum atomic E-state index is 6.04. The second kappa shape index (κ2) is 5.92. The third-order valence-electron chi connectivity index (χ3n) is 5.17. The van der Waals surface area contributed by atoms with Crippen molar-refractivity contribution in [1.82, 2.24) is 10.2 Å². The first-order valence-corrected chi connectivity index (χ1v) is 8.97. The standard InChI is InChI=1S/C15H28N2OS/c1-15(2)5-7-19-11-14(15)16-8-13-9-17-6-3-4-12(17)10-18-13/h12-14,16H,3-11H2,1-2H3. The molecule has 0 saturated carbocycles. The Labute approximate surface area is 121 Å². The largest absolute Gasteiger partial charge is 0.374 e. The van der Waals surface area contributed by atoms with Crippen LogP contribution in [0.5, 0.6) is 0 Å². The topological polar surface area (TPSA) is 24.5 Å². The molecule has 3 aliphatic heterocycles. The summed E-state index contributed by atoms with van der Waals surface area (Å²) in [5.41, 5.74) is 0.441. The van der Waals surface area contributed by atoms with Crippen LogP contribution < -0.4 is 5.32 Å². The predicted octanol–water partition coefficient (Wildman–Crippen LogP) is 1.97. The Morgan fingerprint density at radius 1 is 1.42 bits per heavy atom. The van der Waals surface area contributed by atoms with Crippen LogP contribution in [0.3, 0.4) is 0 Å². The van der Waals surface area contributed by atoms with Gasteiger partial charge in [0, 0.05) is 30.9 Å². The fourth-order valence-corrected chi connectivity index (χ4v) is 5.20. The highest BCUT2D eigenvalue weighted by Gasteiger charge is 2.35. The van der Waals surface area contributed by atoms with Crippen molar-refractivity contribution in [1.29, 1.82) is 0 Å².